The summed E-state index contributed by atoms with van der Waals surface area (Å²) in [5.74, 6) is -5.00. The third kappa shape index (κ3) is 3.81. The zero-order chi connectivity index (χ0) is 13.9. The van der Waals surface area contributed by atoms with Crippen LogP contribution in [0.1, 0.15) is 6.92 Å². The minimum Gasteiger partial charge on any atom is -0.480 e. The quantitative estimate of drug-likeness (QED) is 0.758. The number of carboxylic acids is 1. The van der Waals surface area contributed by atoms with Crippen LogP contribution < -0.4 is 0 Å². The van der Waals surface area contributed by atoms with Crippen LogP contribution in [0.25, 0.3) is 0 Å². The molecule has 0 aromatic rings. The summed E-state index contributed by atoms with van der Waals surface area (Å²) in [5.41, 5.74) is 0. The predicted molar refractivity (Wildman–Crippen MR) is 56.1 cm³/mol. The van der Waals surface area contributed by atoms with Crippen LogP contribution >= 0.6 is 0 Å². The van der Waals surface area contributed by atoms with E-state index in [0.717, 1.165) is 0 Å². The second kappa shape index (κ2) is 5.83. The first-order chi connectivity index (χ1) is 8.24. The minimum absolute atomic E-state index is 0.167. The summed E-state index contributed by atoms with van der Waals surface area (Å²) in [4.78, 5) is 13.6. The number of halogens is 4. The Bertz CT molecular complexity index is 294. The third-order valence-electron chi connectivity index (χ3n) is 3.07. The number of rotatable bonds is 5. The summed E-state index contributed by atoms with van der Waals surface area (Å²) >= 11 is 0. The van der Waals surface area contributed by atoms with Crippen molar-refractivity contribution in [1.29, 1.82) is 0 Å². The molecule has 1 saturated heterocycles. The summed E-state index contributed by atoms with van der Waals surface area (Å²) in [5, 5.41) is 8.78. The van der Waals surface area contributed by atoms with Crippen LogP contribution in [-0.2, 0) is 4.79 Å². The van der Waals surface area contributed by atoms with E-state index >= 15 is 0 Å². The monoisotopic (exact) mass is 272 g/mol. The number of piperazine rings is 1. The molecule has 18 heavy (non-hydrogen) atoms. The standard InChI is InChI=1S/C10H16F4N2O2/c1-7(8(17)18)16-4-2-15(3-5-16)6-10(13,14)9(11)12/h7,9H,2-6H2,1H3,(H,17,18). The topological polar surface area (TPSA) is 43.8 Å². The van der Waals surface area contributed by atoms with Crippen molar-refractivity contribution in [3.8, 4) is 0 Å². The van der Waals surface area contributed by atoms with Gasteiger partial charge in [0, 0.05) is 26.2 Å². The highest BCUT2D eigenvalue weighted by atomic mass is 19.3. The van der Waals surface area contributed by atoms with E-state index in [1.54, 1.807) is 4.90 Å². The largest absolute Gasteiger partial charge is 0.480 e. The summed E-state index contributed by atoms with van der Waals surface area (Å²) in [6, 6.07) is -0.692. The van der Waals surface area contributed by atoms with Crippen molar-refractivity contribution in [1.82, 2.24) is 9.80 Å². The molecule has 0 spiro atoms. The molecular formula is C10H16F4N2O2. The third-order valence-corrected chi connectivity index (χ3v) is 3.07. The van der Waals surface area contributed by atoms with E-state index in [0.29, 0.717) is 0 Å². The Hall–Kier alpha value is -0.890. The van der Waals surface area contributed by atoms with Crippen molar-refractivity contribution in [2.75, 3.05) is 32.7 Å². The Kier molecular flexibility index (Phi) is 4.92. The van der Waals surface area contributed by atoms with Gasteiger partial charge >= 0.3 is 18.3 Å². The maximum absolute atomic E-state index is 12.8. The Labute approximate surface area is 102 Å². The number of nitrogens with zero attached hydrogens (tertiary/aromatic N) is 2. The van der Waals surface area contributed by atoms with Gasteiger partial charge in [0.25, 0.3) is 0 Å². The Balaban J connectivity index is 2.43. The van der Waals surface area contributed by atoms with Crippen LogP contribution in [0.15, 0.2) is 0 Å². The van der Waals surface area contributed by atoms with Gasteiger partial charge in [0.1, 0.15) is 6.04 Å². The normalized spacial score (nSPS) is 21.2. The molecule has 8 heteroatoms. The van der Waals surface area contributed by atoms with Gasteiger partial charge < -0.3 is 5.11 Å². The highest BCUT2D eigenvalue weighted by Gasteiger charge is 2.42. The predicted octanol–water partition coefficient (Wildman–Crippen LogP) is 0.978. The molecule has 1 aliphatic rings. The number of aliphatic carboxylic acids is 1. The van der Waals surface area contributed by atoms with Crippen molar-refractivity contribution in [3.63, 3.8) is 0 Å². The van der Waals surface area contributed by atoms with Gasteiger partial charge in [0.05, 0.1) is 6.54 Å². The van der Waals surface area contributed by atoms with Crippen molar-refractivity contribution < 1.29 is 27.5 Å². The molecule has 0 saturated carbocycles. The molecule has 1 fully saturated rings. The van der Waals surface area contributed by atoms with Gasteiger partial charge in [0.2, 0.25) is 0 Å². The summed E-state index contributed by atoms with van der Waals surface area (Å²) < 4.78 is 49.7. The molecule has 4 nitrogen and oxygen atoms in total. The molecule has 0 bridgehead atoms. The van der Waals surface area contributed by atoms with Crippen molar-refractivity contribution in [3.05, 3.63) is 0 Å². The van der Waals surface area contributed by atoms with Gasteiger partial charge in [-0.2, -0.15) is 8.78 Å². The van der Waals surface area contributed by atoms with E-state index < -0.39 is 30.9 Å². The zero-order valence-corrected chi connectivity index (χ0v) is 9.95. The van der Waals surface area contributed by atoms with E-state index in [1.807, 2.05) is 0 Å². The highest BCUT2D eigenvalue weighted by molar-refractivity contribution is 5.72. The fourth-order valence-corrected chi connectivity index (χ4v) is 1.83. The van der Waals surface area contributed by atoms with Gasteiger partial charge in [-0.1, -0.05) is 0 Å². The summed E-state index contributed by atoms with van der Waals surface area (Å²) in [6.07, 6.45) is -3.67. The van der Waals surface area contributed by atoms with Gasteiger partial charge in [-0.15, -0.1) is 0 Å². The lowest BCUT2D eigenvalue weighted by atomic mass is 10.2. The van der Waals surface area contributed by atoms with E-state index in [1.165, 1.54) is 11.8 Å². The van der Waals surface area contributed by atoms with Crippen molar-refractivity contribution >= 4 is 5.97 Å². The van der Waals surface area contributed by atoms with E-state index in [2.05, 4.69) is 0 Å². The van der Waals surface area contributed by atoms with Gasteiger partial charge in [-0.05, 0) is 6.92 Å². The molecule has 1 unspecified atom stereocenters. The lowest BCUT2D eigenvalue weighted by Crippen LogP contribution is -2.54. The average Bonchev–Trinajstić information content (AvgIpc) is 2.28. The van der Waals surface area contributed by atoms with Crippen LogP contribution in [0.2, 0.25) is 0 Å². The van der Waals surface area contributed by atoms with E-state index in [4.69, 9.17) is 5.11 Å². The van der Waals surface area contributed by atoms with Gasteiger partial charge in [0.15, 0.2) is 0 Å². The molecule has 1 atom stereocenters. The van der Waals surface area contributed by atoms with Crippen molar-refractivity contribution in [2.45, 2.75) is 25.3 Å². The molecule has 1 rings (SSSR count). The lowest BCUT2D eigenvalue weighted by molar-refractivity contribution is -0.149. The summed E-state index contributed by atoms with van der Waals surface area (Å²) in [7, 11) is 0. The molecule has 106 valence electrons. The van der Waals surface area contributed by atoms with Crippen LogP contribution in [0.3, 0.4) is 0 Å². The molecule has 0 radical (unpaired) electrons. The van der Waals surface area contributed by atoms with Crippen LogP contribution in [-0.4, -0.2) is 72.0 Å². The Morgan fingerprint density at radius 2 is 1.78 bits per heavy atom. The Morgan fingerprint density at radius 3 is 2.17 bits per heavy atom. The number of carbonyl (C=O) groups is 1. The SMILES string of the molecule is CC(C(=O)O)N1CCN(CC(F)(F)C(F)F)CC1. The first-order valence-corrected chi connectivity index (χ1v) is 5.59. The molecule has 0 aromatic heterocycles. The smallest absolute Gasteiger partial charge is 0.320 e. The highest BCUT2D eigenvalue weighted by Crippen LogP contribution is 2.24. The molecule has 1 heterocycles. The second-order valence-electron chi connectivity index (χ2n) is 4.39. The van der Waals surface area contributed by atoms with Crippen LogP contribution in [0, 0.1) is 0 Å². The summed E-state index contributed by atoms with van der Waals surface area (Å²) in [6.45, 7) is 1.42. The molecule has 1 aliphatic heterocycles. The minimum atomic E-state index is -4.01. The fourth-order valence-electron chi connectivity index (χ4n) is 1.83. The molecule has 1 N–H and O–H groups in total. The first-order valence-electron chi connectivity index (χ1n) is 5.59. The Morgan fingerprint density at radius 1 is 1.28 bits per heavy atom. The molecule has 0 amide bonds. The van der Waals surface area contributed by atoms with Gasteiger partial charge in [-0.25, -0.2) is 8.78 Å². The maximum atomic E-state index is 12.8. The number of hydrogen-bond donors (Lipinski definition) is 1. The van der Waals surface area contributed by atoms with Crippen LogP contribution in [0.4, 0.5) is 17.6 Å². The fraction of sp³-hybridized carbons (Fsp3) is 0.900. The molecular weight excluding hydrogens is 256 g/mol. The van der Waals surface area contributed by atoms with Crippen LogP contribution in [0.5, 0.6) is 0 Å². The number of carboxylic acid groups (broad SMARTS) is 1. The maximum Gasteiger partial charge on any atom is 0.320 e. The van der Waals surface area contributed by atoms with E-state index in [-0.39, 0.29) is 26.2 Å². The second-order valence-corrected chi connectivity index (χ2v) is 4.39. The molecule has 0 aliphatic carbocycles. The van der Waals surface area contributed by atoms with Crippen molar-refractivity contribution in [2.24, 2.45) is 0 Å². The number of hydrogen-bond acceptors (Lipinski definition) is 3. The zero-order valence-electron chi connectivity index (χ0n) is 9.95. The molecule has 0 aromatic carbocycles. The van der Waals surface area contributed by atoms with Gasteiger partial charge in [-0.3, -0.25) is 14.6 Å². The average molecular weight is 272 g/mol. The first kappa shape index (κ1) is 15.2. The lowest BCUT2D eigenvalue weighted by Gasteiger charge is -2.37. The number of alkyl halides is 4. The van der Waals surface area contributed by atoms with E-state index in [9.17, 15) is 22.4 Å².